The molecule has 1 aromatic heterocycles. The zero-order valence-corrected chi connectivity index (χ0v) is 30.0. The third-order valence-corrected chi connectivity index (χ3v) is 9.59. The number of hydrogen-bond donors (Lipinski definition) is 0. The molecule has 6 rings (SSSR count). The Hall–Kier alpha value is -4.93. The first-order valence-electron chi connectivity index (χ1n) is 15.9. The Morgan fingerprint density at radius 2 is 1.59 bits per heavy atom. The van der Waals surface area contributed by atoms with Crippen LogP contribution in [0, 0.1) is 13.8 Å². The maximum atomic E-state index is 14.2. The number of halogens is 1. The molecule has 0 saturated carbocycles. The lowest BCUT2D eigenvalue weighted by atomic mass is 9.96. The third-order valence-electron chi connectivity index (χ3n) is 8.02. The van der Waals surface area contributed by atoms with Gasteiger partial charge in [0.2, 0.25) is 0 Å². The van der Waals surface area contributed by atoms with Crippen molar-refractivity contribution >= 4 is 39.3 Å². The Kier molecular flexibility index (Phi) is 10.5. The highest BCUT2D eigenvalue weighted by atomic mass is 79.9. The van der Waals surface area contributed by atoms with Crippen LogP contribution >= 0.6 is 27.3 Å². The molecule has 8 nitrogen and oxygen atoms in total. The minimum absolute atomic E-state index is 0.270. The molecule has 1 atom stereocenters. The van der Waals surface area contributed by atoms with Crippen LogP contribution in [0.15, 0.2) is 117 Å². The van der Waals surface area contributed by atoms with E-state index in [9.17, 15) is 9.59 Å². The number of para-hydroxylation sites is 1. The van der Waals surface area contributed by atoms with Crippen molar-refractivity contribution in [3.05, 3.63) is 149 Å². The third kappa shape index (κ3) is 7.55. The molecule has 0 spiro atoms. The Balaban J connectivity index is 1.31. The van der Waals surface area contributed by atoms with Gasteiger partial charge in [-0.15, -0.1) is 0 Å². The maximum absolute atomic E-state index is 14.2. The quantitative estimate of drug-likeness (QED) is 0.0818. The molecule has 0 amide bonds. The van der Waals surface area contributed by atoms with Crippen molar-refractivity contribution in [2.45, 2.75) is 33.7 Å². The summed E-state index contributed by atoms with van der Waals surface area (Å²) < 4.78 is 26.4. The molecule has 0 saturated heterocycles. The van der Waals surface area contributed by atoms with Crippen LogP contribution in [-0.2, 0) is 4.79 Å². The van der Waals surface area contributed by atoms with Gasteiger partial charge in [0.25, 0.3) is 5.56 Å². The summed E-state index contributed by atoms with van der Waals surface area (Å²) >= 11 is 4.91. The van der Waals surface area contributed by atoms with Gasteiger partial charge in [-0.25, -0.2) is 9.79 Å². The first-order valence-corrected chi connectivity index (χ1v) is 17.5. The van der Waals surface area contributed by atoms with Gasteiger partial charge in [0.1, 0.15) is 24.7 Å². The summed E-state index contributed by atoms with van der Waals surface area (Å²) in [4.78, 5) is 33.0. The average molecular weight is 740 g/mol. The van der Waals surface area contributed by atoms with E-state index in [0.29, 0.717) is 62.1 Å². The topological polar surface area (TPSA) is 88.4 Å². The number of aryl methyl sites for hydroxylation is 2. The Labute approximate surface area is 296 Å². The van der Waals surface area contributed by atoms with Crippen LogP contribution in [0.1, 0.15) is 42.1 Å². The number of esters is 1. The van der Waals surface area contributed by atoms with Gasteiger partial charge in [-0.05, 0) is 108 Å². The fraction of sp³-hybridized carbons (Fsp3) is 0.205. The lowest BCUT2D eigenvalue weighted by molar-refractivity contribution is -0.130. The lowest BCUT2D eigenvalue weighted by Crippen LogP contribution is -2.40. The summed E-state index contributed by atoms with van der Waals surface area (Å²) in [5, 5.41) is 0. The number of hydrogen-bond acceptors (Lipinski definition) is 8. The van der Waals surface area contributed by atoms with Crippen LogP contribution in [0.25, 0.3) is 6.08 Å². The molecule has 4 aromatic carbocycles. The fourth-order valence-electron chi connectivity index (χ4n) is 5.52. The predicted molar refractivity (Wildman–Crippen MR) is 195 cm³/mol. The second-order valence-corrected chi connectivity index (χ2v) is 13.3. The molecule has 0 radical (unpaired) electrons. The molecule has 10 heteroatoms. The standard InChI is InChI=1S/C39H35BrN2O6S/c1-5-45-32-22-27(21-31(40)36(32)47-19-18-46-30-17-16-24(2)25(3)20-30)23-33-37(43)42-35(28-12-8-6-9-13-28)34(26(4)41-39(42)49-33)38(44)48-29-14-10-7-11-15-29/h6-17,20-23,35H,5,18-19H2,1-4H3/b33-23+/t35-/m1/s1. The normalized spacial score (nSPS) is 14.2. The van der Waals surface area contributed by atoms with E-state index in [0.717, 1.165) is 16.9 Å². The highest BCUT2D eigenvalue weighted by molar-refractivity contribution is 9.10. The molecule has 0 bridgehead atoms. The summed E-state index contributed by atoms with van der Waals surface area (Å²) in [6.07, 6.45) is 1.80. The molecule has 1 aliphatic rings. The molecule has 0 unspecified atom stereocenters. The van der Waals surface area contributed by atoms with Crippen molar-refractivity contribution in [1.29, 1.82) is 0 Å². The summed E-state index contributed by atoms with van der Waals surface area (Å²) in [6, 6.07) is 27.3. The minimum Gasteiger partial charge on any atom is -0.490 e. The number of fused-ring (bicyclic) bond motifs is 1. The summed E-state index contributed by atoms with van der Waals surface area (Å²) in [5.74, 6) is 1.72. The van der Waals surface area contributed by atoms with Crippen molar-refractivity contribution in [3.63, 3.8) is 0 Å². The van der Waals surface area contributed by atoms with E-state index in [1.54, 1.807) is 41.8 Å². The van der Waals surface area contributed by atoms with Crippen molar-refractivity contribution in [3.8, 4) is 23.0 Å². The highest BCUT2D eigenvalue weighted by Gasteiger charge is 2.33. The lowest BCUT2D eigenvalue weighted by Gasteiger charge is -2.24. The number of rotatable bonds is 11. The fourth-order valence-corrected chi connectivity index (χ4v) is 7.14. The molecule has 2 heterocycles. The van der Waals surface area contributed by atoms with Crippen LogP contribution in [0.3, 0.4) is 0 Å². The van der Waals surface area contributed by atoms with Gasteiger partial charge in [-0.3, -0.25) is 9.36 Å². The van der Waals surface area contributed by atoms with Gasteiger partial charge in [0.15, 0.2) is 16.3 Å². The van der Waals surface area contributed by atoms with Crippen LogP contribution < -0.4 is 33.8 Å². The molecule has 0 N–H and O–H groups in total. The van der Waals surface area contributed by atoms with E-state index >= 15 is 0 Å². The first-order chi connectivity index (χ1) is 23.7. The van der Waals surface area contributed by atoms with Crippen molar-refractivity contribution < 1.29 is 23.7 Å². The number of nitrogens with zero attached hydrogens (tertiary/aromatic N) is 2. The summed E-state index contributed by atoms with van der Waals surface area (Å²) in [5.41, 5.74) is 4.41. The van der Waals surface area contributed by atoms with E-state index in [1.807, 2.05) is 73.7 Å². The molecule has 250 valence electrons. The molecular formula is C39H35BrN2O6S. The summed E-state index contributed by atoms with van der Waals surface area (Å²) in [7, 11) is 0. The number of carbonyl (C=O) groups excluding carboxylic acids is 1. The second-order valence-electron chi connectivity index (χ2n) is 11.4. The highest BCUT2D eigenvalue weighted by Crippen LogP contribution is 2.37. The Morgan fingerprint density at radius 3 is 2.31 bits per heavy atom. The zero-order chi connectivity index (χ0) is 34.5. The van der Waals surface area contributed by atoms with Crippen LogP contribution in [-0.4, -0.2) is 30.4 Å². The predicted octanol–water partition coefficient (Wildman–Crippen LogP) is 7.08. The number of ether oxygens (including phenoxy) is 4. The second kappa shape index (κ2) is 15.1. The van der Waals surface area contributed by atoms with Gasteiger partial charge in [0.05, 0.1) is 32.9 Å². The number of allylic oxidation sites excluding steroid dienone is 1. The molecular weight excluding hydrogens is 704 g/mol. The Morgan fingerprint density at radius 1 is 0.878 bits per heavy atom. The van der Waals surface area contributed by atoms with Crippen LogP contribution in [0.5, 0.6) is 23.0 Å². The van der Waals surface area contributed by atoms with Gasteiger partial charge in [-0.2, -0.15) is 0 Å². The van der Waals surface area contributed by atoms with Gasteiger partial charge < -0.3 is 18.9 Å². The zero-order valence-electron chi connectivity index (χ0n) is 27.6. The van der Waals surface area contributed by atoms with Crippen LogP contribution in [0.2, 0.25) is 0 Å². The molecule has 0 fully saturated rings. The van der Waals surface area contributed by atoms with Gasteiger partial charge in [-0.1, -0.05) is 65.9 Å². The van der Waals surface area contributed by atoms with E-state index in [4.69, 9.17) is 23.9 Å². The van der Waals surface area contributed by atoms with Crippen molar-refractivity contribution in [1.82, 2.24) is 4.57 Å². The SMILES string of the molecule is CCOc1cc(/C=c2/sc3n(c2=O)[C@H](c2ccccc2)C(C(=O)Oc2ccccc2)=C(C)N=3)cc(Br)c1OCCOc1ccc(C)c(C)c1. The maximum Gasteiger partial charge on any atom is 0.343 e. The average Bonchev–Trinajstić information content (AvgIpc) is 3.39. The monoisotopic (exact) mass is 738 g/mol. The number of thiazole rings is 1. The van der Waals surface area contributed by atoms with E-state index in [2.05, 4.69) is 29.8 Å². The summed E-state index contributed by atoms with van der Waals surface area (Å²) in [6.45, 7) is 8.87. The molecule has 0 aliphatic carbocycles. The van der Waals surface area contributed by atoms with E-state index < -0.39 is 12.0 Å². The van der Waals surface area contributed by atoms with Crippen molar-refractivity contribution in [2.24, 2.45) is 4.99 Å². The largest absolute Gasteiger partial charge is 0.490 e. The van der Waals surface area contributed by atoms with Crippen molar-refractivity contribution in [2.75, 3.05) is 19.8 Å². The molecule has 49 heavy (non-hydrogen) atoms. The number of benzene rings is 4. The first kappa shape index (κ1) is 34.0. The van der Waals surface area contributed by atoms with Gasteiger partial charge in [0, 0.05) is 0 Å². The van der Waals surface area contributed by atoms with Crippen LogP contribution in [0.4, 0.5) is 0 Å². The number of aromatic nitrogens is 1. The number of carbonyl (C=O) groups is 1. The molecule has 5 aromatic rings. The van der Waals surface area contributed by atoms with E-state index in [-0.39, 0.29) is 5.56 Å². The molecule has 1 aliphatic heterocycles. The van der Waals surface area contributed by atoms with E-state index in [1.165, 1.54) is 22.5 Å². The smallest absolute Gasteiger partial charge is 0.343 e. The van der Waals surface area contributed by atoms with Gasteiger partial charge >= 0.3 is 5.97 Å². The Bertz CT molecular complexity index is 2210. The minimum atomic E-state index is -0.719.